The Labute approximate surface area is 110 Å². The van der Waals surface area contributed by atoms with Gasteiger partial charge in [-0.3, -0.25) is 4.99 Å². The zero-order valence-electron chi connectivity index (χ0n) is 11.5. The van der Waals surface area contributed by atoms with E-state index in [1.54, 1.807) is 0 Å². The molecule has 1 aliphatic heterocycles. The van der Waals surface area contributed by atoms with Crippen molar-refractivity contribution in [1.82, 2.24) is 5.32 Å². The summed E-state index contributed by atoms with van der Waals surface area (Å²) in [6.45, 7) is 7.95. The van der Waals surface area contributed by atoms with Gasteiger partial charge in [-0.25, -0.2) is 0 Å². The van der Waals surface area contributed by atoms with Crippen LogP contribution in [0.5, 0.6) is 0 Å². The van der Waals surface area contributed by atoms with E-state index in [0.717, 1.165) is 18.4 Å². The number of hydrogen-bond acceptors (Lipinski definition) is 2. The van der Waals surface area contributed by atoms with Crippen LogP contribution in [0.3, 0.4) is 0 Å². The zero-order chi connectivity index (χ0) is 12.3. The number of aliphatic imine (C=N–C) groups is 1. The van der Waals surface area contributed by atoms with Gasteiger partial charge in [0.1, 0.15) is 0 Å². The van der Waals surface area contributed by atoms with E-state index in [0.29, 0.717) is 0 Å². The zero-order valence-corrected chi connectivity index (χ0v) is 12.3. The molecule has 0 spiro atoms. The second-order valence-corrected chi connectivity index (χ2v) is 7.46. The maximum absolute atomic E-state index is 4.80. The van der Waals surface area contributed by atoms with Gasteiger partial charge in [-0.15, -0.1) is 0 Å². The van der Waals surface area contributed by atoms with Crippen LogP contribution in [0.4, 0.5) is 0 Å². The quantitative estimate of drug-likeness (QED) is 0.813. The van der Waals surface area contributed by atoms with Crippen LogP contribution in [-0.4, -0.2) is 23.0 Å². The summed E-state index contributed by atoms with van der Waals surface area (Å²) in [6.07, 6.45) is 6.80. The molecular weight excluding hydrogens is 228 g/mol. The maximum atomic E-state index is 4.80. The highest BCUT2D eigenvalue weighted by Gasteiger charge is 2.24. The Morgan fingerprint density at radius 3 is 2.65 bits per heavy atom. The molecule has 2 rings (SSSR count). The summed E-state index contributed by atoms with van der Waals surface area (Å²) in [6, 6.07) is 0. The molecule has 17 heavy (non-hydrogen) atoms. The van der Waals surface area contributed by atoms with Gasteiger partial charge in [0.05, 0.1) is 0 Å². The fraction of sp³-hybridized carbons (Fsp3) is 0.929. The van der Waals surface area contributed by atoms with E-state index < -0.39 is 0 Å². The number of nitrogens with zero attached hydrogens (tertiary/aromatic N) is 1. The number of hydrogen-bond donors (Lipinski definition) is 1. The van der Waals surface area contributed by atoms with Crippen molar-refractivity contribution in [3.63, 3.8) is 0 Å². The largest absolute Gasteiger partial charge is 0.360 e. The lowest BCUT2D eigenvalue weighted by Crippen LogP contribution is -2.46. The van der Waals surface area contributed by atoms with Crippen LogP contribution in [0, 0.1) is 11.8 Å². The van der Waals surface area contributed by atoms with E-state index in [2.05, 4.69) is 26.1 Å². The Morgan fingerprint density at radius 1 is 1.29 bits per heavy atom. The molecule has 0 unspecified atom stereocenters. The molecule has 0 radical (unpaired) electrons. The average Bonchev–Trinajstić information content (AvgIpc) is 2.27. The van der Waals surface area contributed by atoms with Crippen molar-refractivity contribution < 1.29 is 0 Å². The average molecular weight is 254 g/mol. The van der Waals surface area contributed by atoms with Gasteiger partial charge < -0.3 is 5.32 Å². The SMILES string of the molecule is CC1CCC(CN=C2NC(C)(C)CCS2)CC1. The smallest absolute Gasteiger partial charge is 0.156 e. The fourth-order valence-electron chi connectivity index (χ4n) is 2.60. The van der Waals surface area contributed by atoms with Gasteiger partial charge in [0.2, 0.25) is 0 Å². The molecule has 2 fully saturated rings. The van der Waals surface area contributed by atoms with E-state index >= 15 is 0 Å². The summed E-state index contributed by atoms with van der Waals surface area (Å²) < 4.78 is 0. The predicted octanol–water partition coefficient (Wildman–Crippen LogP) is 3.67. The molecule has 3 heteroatoms. The lowest BCUT2D eigenvalue weighted by Gasteiger charge is -2.32. The summed E-state index contributed by atoms with van der Waals surface area (Å²) in [7, 11) is 0. The Kier molecular flexibility index (Phi) is 4.40. The summed E-state index contributed by atoms with van der Waals surface area (Å²) in [5.74, 6) is 2.99. The van der Waals surface area contributed by atoms with Crippen LogP contribution < -0.4 is 5.32 Å². The molecule has 0 aromatic carbocycles. The van der Waals surface area contributed by atoms with Crippen LogP contribution >= 0.6 is 11.8 Å². The minimum absolute atomic E-state index is 0.241. The van der Waals surface area contributed by atoms with Crippen molar-refractivity contribution in [1.29, 1.82) is 0 Å². The summed E-state index contributed by atoms with van der Waals surface area (Å²) >= 11 is 1.89. The Balaban J connectivity index is 1.80. The molecule has 0 amide bonds. The van der Waals surface area contributed by atoms with Crippen molar-refractivity contribution in [3.8, 4) is 0 Å². The number of rotatable bonds is 2. The van der Waals surface area contributed by atoms with Crippen molar-refractivity contribution in [2.45, 2.75) is 58.4 Å². The molecule has 0 atom stereocenters. The van der Waals surface area contributed by atoms with Gasteiger partial charge in [-0.05, 0) is 44.9 Å². The molecule has 98 valence electrons. The standard InChI is InChI=1S/C14H26N2S/c1-11-4-6-12(7-5-11)10-15-13-16-14(2,3)8-9-17-13/h11-12H,4-10H2,1-3H3,(H,15,16). The molecule has 1 saturated carbocycles. The van der Waals surface area contributed by atoms with Gasteiger partial charge in [-0.2, -0.15) is 0 Å². The van der Waals surface area contributed by atoms with Gasteiger partial charge in [-0.1, -0.05) is 31.5 Å². The third-order valence-corrected chi connectivity index (χ3v) is 4.95. The van der Waals surface area contributed by atoms with Crippen molar-refractivity contribution in [2.24, 2.45) is 16.8 Å². The number of amidine groups is 1. The highest BCUT2D eigenvalue weighted by molar-refractivity contribution is 8.13. The molecule has 2 aliphatic rings. The van der Waals surface area contributed by atoms with Crippen LogP contribution in [-0.2, 0) is 0 Å². The summed E-state index contributed by atoms with van der Waals surface area (Å²) in [5.41, 5.74) is 0.241. The molecule has 1 saturated heterocycles. The molecule has 1 heterocycles. The second kappa shape index (κ2) is 5.64. The first kappa shape index (κ1) is 13.3. The Bertz CT molecular complexity index is 278. The Morgan fingerprint density at radius 2 is 2.00 bits per heavy atom. The number of thioether (sulfide) groups is 1. The van der Waals surface area contributed by atoms with E-state index in [4.69, 9.17) is 4.99 Å². The van der Waals surface area contributed by atoms with E-state index in [1.165, 1.54) is 43.0 Å². The van der Waals surface area contributed by atoms with E-state index in [-0.39, 0.29) is 5.54 Å². The first-order chi connectivity index (χ1) is 8.05. The topological polar surface area (TPSA) is 24.4 Å². The third kappa shape index (κ3) is 4.20. The van der Waals surface area contributed by atoms with Crippen LogP contribution in [0.25, 0.3) is 0 Å². The first-order valence-electron chi connectivity index (χ1n) is 7.00. The normalized spacial score (nSPS) is 35.6. The highest BCUT2D eigenvalue weighted by Crippen LogP contribution is 2.29. The molecular formula is C14H26N2S. The van der Waals surface area contributed by atoms with E-state index in [1.807, 2.05) is 11.8 Å². The highest BCUT2D eigenvalue weighted by atomic mass is 32.2. The first-order valence-corrected chi connectivity index (χ1v) is 7.99. The lowest BCUT2D eigenvalue weighted by molar-refractivity contribution is 0.296. The lowest BCUT2D eigenvalue weighted by atomic mass is 9.83. The third-order valence-electron chi connectivity index (χ3n) is 4.04. The summed E-state index contributed by atoms with van der Waals surface area (Å²) in [4.78, 5) is 4.80. The van der Waals surface area contributed by atoms with Crippen LogP contribution in [0.1, 0.15) is 52.9 Å². The molecule has 2 nitrogen and oxygen atoms in total. The predicted molar refractivity (Wildman–Crippen MR) is 77.7 cm³/mol. The molecule has 0 aromatic rings. The second-order valence-electron chi connectivity index (χ2n) is 6.38. The minimum atomic E-state index is 0.241. The minimum Gasteiger partial charge on any atom is -0.360 e. The number of nitrogens with one attached hydrogen (secondary N) is 1. The van der Waals surface area contributed by atoms with Crippen molar-refractivity contribution >= 4 is 16.9 Å². The van der Waals surface area contributed by atoms with E-state index in [9.17, 15) is 0 Å². The van der Waals surface area contributed by atoms with Gasteiger partial charge in [0.25, 0.3) is 0 Å². The van der Waals surface area contributed by atoms with Gasteiger partial charge in [0, 0.05) is 17.8 Å². The van der Waals surface area contributed by atoms with Crippen LogP contribution in [0.15, 0.2) is 4.99 Å². The molecule has 0 bridgehead atoms. The Hall–Kier alpha value is -0.180. The van der Waals surface area contributed by atoms with Crippen LogP contribution in [0.2, 0.25) is 0 Å². The molecule has 0 aromatic heterocycles. The van der Waals surface area contributed by atoms with Gasteiger partial charge in [0.15, 0.2) is 5.17 Å². The molecule has 1 N–H and O–H groups in total. The monoisotopic (exact) mass is 254 g/mol. The molecule has 1 aliphatic carbocycles. The van der Waals surface area contributed by atoms with Crippen molar-refractivity contribution in [2.75, 3.05) is 12.3 Å². The van der Waals surface area contributed by atoms with Gasteiger partial charge >= 0.3 is 0 Å². The summed E-state index contributed by atoms with van der Waals surface area (Å²) in [5, 5.41) is 4.73. The fourth-order valence-corrected chi connectivity index (χ4v) is 3.92. The maximum Gasteiger partial charge on any atom is 0.156 e. The van der Waals surface area contributed by atoms with Crippen molar-refractivity contribution in [3.05, 3.63) is 0 Å².